The van der Waals surface area contributed by atoms with Crippen LogP contribution in [0.3, 0.4) is 0 Å². The second-order valence-corrected chi connectivity index (χ2v) is 5.81. The average Bonchev–Trinajstić information content (AvgIpc) is 2.90. The van der Waals surface area contributed by atoms with Crippen molar-refractivity contribution in [3.63, 3.8) is 0 Å². The fourth-order valence-electron chi connectivity index (χ4n) is 2.43. The van der Waals surface area contributed by atoms with E-state index in [2.05, 4.69) is 0 Å². The summed E-state index contributed by atoms with van der Waals surface area (Å²) in [7, 11) is 0. The molecule has 1 aromatic heterocycles. The Balaban J connectivity index is 1.72. The van der Waals surface area contributed by atoms with Gasteiger partial charge < -0.3 is 10.0 Å². The maximum Gasteiger partial charge on any atom is 0.228 e. The first-order valence-electron chi connectivity index (χ1n) is 6.33. The second kappa shape index (κ2) is 5.05. The van der Waals surface area contributed by atoms with Crippen LogP contribution in [-0.2, 0) is 24.2 Å². The van der Waals surface area contributed by atoms with E-state index in [9.17, 15) is 9.90 Å². The Bertz CT molecular complexity index is 592. The Morgan fingerprint density at radius 3 is 3.00 bits per heavy atom. The molecule has 1 aromatic carbocycles. The minimum absolute atomic E-state index is 0.163. The highest BCUT2D eigenvalue weighted by atomic mass is 32.1. The van der Waals surface area contributed by atoms with Gasteiger partial charge in [-0.2, -0.15) is 0 Å². The quantitative estimate of drug-likeness (QED) is 0.913. The number of aromatic hydroxyl groups is 1. The number of carbonyl (C=O) groups excluding carboxylic acids is 1. The Morgan fingerprint density at radius 1 is 1.32 bits per heavy atom. The molecule has 19 heavy (non-hydrogen) atoms. The molecule has 0 atom stereocenters. The van der Waals surface area contributed by atoms with E-state index in [0.29, 0.717) is 13.0 Å². The number of rotatable bonds is 2. The molecule has 1 aliphatic rings. The van der Waals surface area contributed by atoms with Crippen molar-refractivity contribution in [3.8, 4) is 5.75 Å². The van der Waals surface area contributed by atoms with E-state index in [1.54, 1.807) is 23.5 Å². The van der Waals surface area contributed by atoms with Crippen molar-refractivity contribution in [2.75, 3.05) is 6.54 Å². The van der Waals surface area contributed by atoms with Crippen LogP contribution in [0, 0.1) is 0 Å². The molecule has 98 valence electrons. The van der Waals surface area contributed by atoms with Gasteiger partial charge >= 0.3 is 0 Å². The summed E-state index contributed by atoms with van der Waals surface area (Å²) in [6.45, 7) is 1.37. The van der Waals surface area contributed by atoms with Gasteiger partial charge in [0.2, 0.25) is 5.91 Å². The van der Waals surface area contributed by atoms with Crippen LogP contribution >= 0.6 is 11.3 Å². The minimum atomic E-state index is 0.163. The van der Waals surface area contributed by atoms with Crippen LogP contribution in [0.1, 0.15) is 16.0 Å². The van der Waals surface area contributed by atoms with Crippen LogP contribution in [-0.4, -0.2) is 22.5 Å². The van der Waals surface area contributed by atoms with Crippen LogP contribution in [0.5, 0.6) is 5.75 Å². The Morgan fingerprint density at radius 2 is 2.21 bits per heavy atom. The zero-order chi connectivity index (χ0) is 13.2. The summed E-state index contributed by atoms with van der Waals surface area (Å²) in [5.74, 6) is 0.433. The van der Waals surface area contributed by atoms with Gasteiger partial charge in [0.25, 0.3) is 0 Å². The lowest BCUT2D eigenvalue weighted by atomic mass is 9.99. The van der Waals surface area contributed by atoms with Crippen LogP contribution in [0.2, 0.25) is 0 Å². The molecule has 2 aromatic rings. The molecule has 0 saturated carbocycles. The molecule has 0 spiro atoms. The highest BCUT2D eigenvalue weighted by Crippen LogP contribution is 2.23. The number of hydrogen-bond donors (Lipinski definition) is 1. The Kier molecular flexibility index (Phi) is 3.25. The van der Waals surface area contributed by atoms with Gasteiger partial charge in [-0.05, 0) is 41.1 Å². The zero-order valence-electron chi connectivity index (χ0n) is 10.5. The standard InChI is InChI=1S/C15H15NO2S/c17-13-4-3-11-5-6-16(10-12(11)8-13)15(18)9-14-2-1-7-19-14/h1-4,7-8,17H,5-6,9-10H2. The van der Waals surface area contributed by atoms with E-state index in [-0.39, 0.29) is 11.7 Å². The number of amides is 1. The highest BCUT2D eigenvalue weighted by molar-refractivity contribution is 7.10. The number of carbonyl (C=O) groups is 1. The lowest BCUT2D eigenvalue weighted by Gasteiger charge is -2.29. The summed E-state index contributed by atoms with van der Waals surface area (Å²) in [4.78, 5) is 15.2. The maximum absolute atomic E-state index is 12.2. The SMILES string of the molecule is O=C(Cc1cccs1)N1CCc2ccc(O)cc2C1. The molecule has 4 heteroatoms. The van der Waals surface area contributed by atoms with E-state index in [4.69, 9.17) is 0 Å². The predicted octanol–water partition coefficient (Wildman–Crippen LogP) is 2.58. The van der Waals surface area contributed by atoms with Crippen molar-refractivity contribution in [2.24, 2.45) is 0 Å². The molecule has 3 rings (SSSR count). The minimum Gasteiger partial charge on any atom is -0.508 e. The predicted molar refractivity (Wildman–Crippen MR) is 75.3 cm³/mol. The highest BCUT2D eigenvalue weighted by Gasteiger charge is 2.21. The molecule has 1 N–H and O–H groups in total. The van der Waals surface area contributed by atoms with E-state index in [0.717, 1.165) is 23.4 Å². The summed E-state index contributed by atoms with van der Waals surface area (Å²) in [6.07, 6.45) is 1.34. The third kappa shape index (κ3) is 2.63. The van der Waals surface area contributed by atoms with Gasteiger partial charge in [-0.3, -0.25) is 4.79 Å². The molecule has 0 aliphatic carbocycles. The Labute approximate surface area is 116 Å². The van der Waals surface area contributed by atoms with E-state index >= 15 is 0 Å². The van der Waals surface area contributed by atoms with Gasteiger partial charge in [-0.25, -0.2) is 0 Å². The monoisotopic (exact) mass is 273 g/mol. The van der Waals surface area contributed by atoms with Crippen molar-refractivity contribution in [1.82, 2.24) is 4.90 Å². The first kappa shape index (κ1) is 12.2. The van der Waals surface area contributed by atoms with Crippen molar-refractivity contribution >= 4 is 17.2 Å². The molecule has 1 amide bonds. The molecule has 0 fully saturated rings. The fourth-order valence-corrected chi connectivity index (χ4v) is 3.13. The molecule has 0 unspecified atom stereocenters. The largest absolute Gasteiger partial charge is 0.508 e. The van der Waals surface area contributed by atoms with Gasteiger partial charge in [-0.15, -0.1) is 11.3 Å². The van der Waals surface area contributed by atoms with Gasteiger partial charge in [0.15, 0.2) is 0 Å². The molecule has 3 nitrogen and oxygen atoms in total. The number of hydrogen-bond acceptors (Lipinski definition) is 3. The number of thiophene rings is 1. The normalized spacial score (nSPS) is 14.2. The van der Waals surface area contributed by atoms with Crippen LogP contribution in [0.15, 0.2) is 35.7 Å². The molecule has 2 heterocycles. The van der Waals surface area contributed by atoms with Crippen molar-refractivity contribution < 1.29 is 9.90 Å². The first-order chi connectivity index (χ1) is 9.22. The number of nitrogens with zero attached hydrogens (tertiary/aromatic N) is 1. The van der Waals surface area contributed by atoms with E-state index in [1.165, 1.54) is 5.56 Å². The molecule has 0 radical (unpaired) electrons. The van der Waals surface area contributed by atoms with E-state index < -0.39 is 0 Å². The van der Waals surface area contributed by atoms with Crippen LogP contribution in [0.25, 0.3) is 0 Å². The van der Waals surface area contributed by atoms with Gasteiger partial charge in [0.05, 0.1) is 6.42 Å². The summed E-state index contributed by atoms with van der Waals surface area (Å²) < 4.78 is 0. The number of phenolic OH excluding ortho intramolecular Hbond substituents is 1. The topological polar surface area (TPSA) is 40.5 Å². The molecule has 0 saturated heterocycles. The lowest BCUT2D eigenvalue weighted by Crippen LogP contribution is -2.36. The van der Waals surface area contributed by atoms with Crippen molar-refractivity contribution in [3.05, 3.63) is 51.7 Å². The van der Waals surface area contributed by atoms with Crippen LogP contribution < -0.4 is 0 Å². The summed E-state index contributed by atoms with van der Waals surface area (Å²) in [6, 6.07) is 9.39. The summed E-state index contributed by atoms with van der Waals surface area (Å²) >= 11 is 1.62. The van der Waals surface area contributed by atoms with Crippen molar-refractivity contribution in [1.29, 1.82) is 0 Å². The molecular formula is C15H15NO2S. The fraction of sp³-hybridized carbons (Fsp3) is 0.267. The van der Waals surface area contributed by atoms with Gasteiger partial charge in [0, 0.05) is 18.0 Å². The third-order valence-electron chi connectivity index (χ3n) is 3.46. The number of benzene rings is 1. The summed E-state index contributed by atoms with van der Waals surface area (Å²) in [5.41, 5.74) is 2.30. The lowest BCUT2D eigenvalue weighted by molar-refractivity contribution is -0.131. The summed E-state index contributed by atoms with van der Waals surface area (Å²) in [5, 5.41) is 11.5. The average molecular weight is 273 g/mol. The van der Waals surface area contributed by atoms with Crippen LogP contribution in [0.4, 0.5) is 0 Å². The molecular weight excluding hydrogens is 258 g/mol. The zero-order valence-corrected chi connectivity index (χ0v) is 11.3. The van der Waals surface area contributed by atoms with E-state index in [1.807, 2.05) is 28.5 Å². The van der Waals surface area contributed by atoms with Crippen molar-refractivity contribution in [2.45, 2.75) is 19.4 Å². The molecule has 1 aliphatic heterocycles. The second-order valence-electron chi connectivity index (χ2n) is 4.77. The first-order valence-corrected chi connectivity index (χ1v) is 7.21. The number of fused-ring (bicyclic) bond motifs is 1. The van der Waals surface area contributed by atoms with Gasteiger partial charge in [-0.1, -0.05) is 12.1 Å². The van der Waals surface area contributed by atoms with Gasteiger partial charge in [0.1, 0.15) is 5.75 Å². The number of phenols is 1. The molecule has 0 bridgehead atoms. The maximum atomic E-state index is 12.2. The third-order valence-corrected chi connectivity index (χ3v) is 4.34. The smallest absolute Gasteiger partial charge is 0.228 e. The Hall–Kier alpha value is -1.81.